The van der Waals surface area contributed by atoms with Crippen molar-refractivity contribution in [3.05, 3.63) is 48.5 Å². The predicted octanol–water partition coefficient (Wildman–Crippen LogP) is 2.89. The quantitative estimate of drug-likeness (QED) is 0.258. The maximum absolute atomic E-state index is 12.9. The van der Waals surface area contributed by atoms with E-state index in [1.807, 2.05) is 24.3 Å². The normalized spacial score (nSPS) is 18.4. The fraction of sp³-hybridized carbons (Fsp3) is 0.385. The van der Waals surface area contributed by atoms with E-state index in [-0.39, 0.29) is 31.1 Å². The number of likely N-dealkylation sites (tertiary alicyclic amines) is 1. The van der Waals surface area contributed by atoms with Crippen molar-refractivity contribution in [3.8, 4) is 22.6 Å². The number of carbonyl (C=O) groups is 1. The molecule has 3 N–H and O–H groups in total. The number of fused-ring (bicyclic) bond motifs is 1. The zero-order valence-electron chi connectivity index (χ0n) is 23.0. The Kier molecular flexibility index (Phi) is 6.38. The number of aromatic nitrogens is 6. The van der Waals surface area contributed by atoms with Crippen LogP contribution in [0.25, 0.3) is 33.7 Å². The Balaban J connectivity index is 1.50. The summed E-state index contributed by atoms with van der Waals surface area (Å²) in [6.07, 6.45) is 0.0620. The SMILES string of the molecule is [2H]c1nc(N)c2nc(-c3cccc(-c4nc(C5(O)CCN(C)C5=O)n(COCC[Si](C)(C)C)n4)c3)ccc2n1. The molecule has 11 nitrogen and oxygen atoms in total. The van der Waals surface area contributed by atoms with Crippen LogP contribution < -0.4 is 5.73 Å². The van der Waals surface area contributed by atoms with Crippen LogP contribution in [0.5, 0.6) is 0 Å². The number of nitrogens with zero attached hydrogens (tertiary/aromatic N) is 7. The van der Waals surface area contributed by atoms with Crippen LogP contribution in [0, 0.1) is 0 Å². The summed E-state index contributed by atoms with van der Waals surface area (Å²) >= 11 is 0. The molecule has 5 rings (SSSR count). The highest BCUT2D eigenvalue weighted by Gasteiger charge is 2.49. The molecule has 1 aromatic carbocycles. The molecule has 1 aliphatic rings. The number of rotatable bonds is 8. The van der Waals surface area contributed by atoms with Gasteiger partial charge >= 0.3 is 0 Å². The molecule has 4 heterocycles. The molecule has 198 valence electrons. The van der Waals surface area contributed by atoms with Crippen molar-refractivity contribution in [3.63, 3.8) is 0 Å². The van der Waals surface area contributed by atoms with E-state index in [0.717, 1.165) is 11.6 Å². The van der Waals surface area contributed by atoms with E-state index in [1.54, 1.807) is 19.2 Å². The van der Waals surface area contributed by atoms with Gasteiger partial charge in [-0.3, -0.25) is 4.79 Å². The van der Waals surface area contributed by atoms with E-state index in [1.165, 1.54) is 9.58 Å². The number of pyridine rings is 1. The van der Waals surface area contributed by atoms with Crippen molar-refractivity contribution >= 4 is 30.8 Å². The van der Waals surface area contributed by atoms with Crippen molar-refractivity contribution in [2.75, 3.05) is 25.9 Å². The molecule has 1 atom stereocenters. The van der Waals surface area contributed by atoms with Gasteiger partial charge in [-0.05, 0) is 24.2 Å². The number of hydrogen-bond acceptors (Lipinski definition) is 9. The van der Waals surface area contributed by atoms with Crippen LogP contribution in [0.1, 0.15) is 13.6 Å². The van der Waals surface area contributed by atoms with Crippen LogP contribution in [-0.2, 0) is 21.9 Å². The average molecular weight is 534 g/mol. The standard InChI is InChI=1S/C26H32N8O3Si/c1-33-11-10-26(36,25(33)35)24-31-23(32-34(24)16-37-12-13-38(2,3)4)18-7-5-6-17(14-18)19-8-9-20-21(30-19)22(27)29-15-28-20/h5-9,14-15,36H,10-13,16H2,1-4H3,(H2,27,28,29)/i15D. The first-order chi connectivity index (χ1) is 18.4. The Hall–Kier alpha value is -3.74. The number of carbonyl (C=O) groups excluding carboxylic acids is 1. The van der Waals surface area contributed by atoms with E-state index in [0.29, 0.717) is 41.3 Å². The van der Waals surface area contributed by atoms with Gasteiger partial charge in [0.25, 0.3) is 5.91 Å². The van der Waals surface area contributed by atoms with Gasteiger partial charge in [0, 0.05) is 45.8 Å². The molecule has 12 heteroatoms. The van der Waals surface area contributed by atoms with Crippen LogP contribution in [-0.4, -0.2) is 73.9 Å². The molecule has 1 saturated heterocycles. The summed E-state index contributed by atoms with van der Waals surface area (Å²) in [5, 5.41) is 16.0. The van der Waals surface area contributed by atoms with Gasteiger partial charge in [-0.2, -0.15) is 0 Å². The third-order valence-electron chi connectivity index (χ3n) is 6.64. The summed E-state index contributed by atoms with van der Waals surface area (Å²) in [7, 11) is 0.371. The first-order valence-electron chi connectivity index (χ1n) is 13.0. The average Bonchev–Trinajstić information content (AvgIpc) is 3.44. The third kappa shape index (κ3) is 5.02. The van der Waals surface area contributed by atoms with Gasteiger partial charge in [-0.15, -0.1) is 5.10 Å². The minimum atomic E-state index is -1.77. The summed E-state index contributed by atoms with van der Waals surface area (Å²) < 4.78 is 15.1. The van der Waals surface area contributed by atoms with Crippen LogP contribution in [0.2, 0.25) is 25.7 Å². The third-order valence-corrected chi connectivity index (χ3v) is 8.34. The molecular weight excluding hydrogens is 500 g/mol. The number of likely N-dealkylation sites (N-methyl/N-ethyl adjacent to an activating group) is 1. The summed E-state index contributed by atoms with van der Waals surface area (Å²) in [6, 6.07) is 12.0. The first kappa shape index (κ1) is 24.6. The molecule has 38 heavy (non-hydrogen) atoms. The van der Waals surface area contributed by atoms with Gasteiger partial charge in [0.2, 0.25) is 5.60 Å². The number of benzene rings is 1. The van der Waals surface area contributed by atoms with Crippen LogP contribution in [0.3, 0.4) is 0 Å². The molecule has 1 amide bonds. The van der Waals surface area contributed by atoms with E-state index < -0.39 is 19.6 Å². The Morgan fingerprint density at radius 3 is 2.71 bits per heavy atom. The highest BCUT2D eigenvalue weighted by molar-refractivity contribution is 6.76. The number of anilines is 1. The maximum atomic E-state index is 12.9. The molecule has 0 radical (unpaired) electrons. The van der Waals surface area contributed by atoms with E-state index in [4.69, 9.17) is 11.8 Å². The molecule has 0 saturated carbocycles. The Morgan fingerprint density at radius 2 is 1.97 bits per heavy atom. The molecule has 4 aromatic rings. The van der Waals surface area contributed by atoms with Gasteiger partial charge in [0.15, 0.2) is 17.5 Å². The van der Waals surface area contributed by atoms with Gasteiger partial charge in [0.05, 0.1) is 11.2 Å². The van der Waals surface area contributed by atoms with Crippen LogP contribution >= 0.6 is 0 Å². The summed E-state index contributed by atoms with van der Waals surface area (Å²) in [6.45, 7) is 7.89. The first-order valence-corrected chi connectivity index (χ1v) is 16.2. The number of aliphatic hydroxyl groups is 1. The molecule has 0 bridgehead atoms. The summed E-state index contributed by atoms with van der Waals surface area (Å²) in [5.74, 6) is 0.264. The second-order valence-electron chi connectivity index (χ2n) is 10.8. The number of nitrogen functional groups attached to an aromatic ring is 1. The lowest BCUT2D eigenvalue weighted by atomic mass is 10.0. The van der Waals surface area contributed by atoms with E-state index in [2.05, 4.69) is 44.7 Å². The van der Waals surface area contributed by atoms with Crippen LogP contribution in [0.4, 0.5) is 5.82 Å². The van der Waals surface area contributed by atoms with Crippen molar-refractivity contribution in [2.45, 2.75) is 44.4 Å². The zero-order chi connectivity index (χ0) is 27.9. The molecule has 0 spiro atoms. The van der Waals surface area contributed by atoms with Crippen molar-refractivity contribution in [1.29, 1.82) is 0 Å². The van der Waals surface area contributed by atoms with Crippen molar-refractivity contribution in [2.24, 2.45) is 0 Å². The zero-order valence-corrected chi connectivity index (χ0v) is 23.0. The second-order valence-corrected chi connectivity index (χ2v) is 16.4. The van der Waals surface area contributed by atoms with Gasteiger partial charge in [-0.1, -0.05) is 37.8 Å². The Bertz CT molecular complexity index is 1560. The van der Waals surface area contributed by atoms with E-state index >= 15 is 0 Å². The molecule has 1 aliphatic heterocycles. The van der Waals surface area contributed by atoms with Crippen LogP contribution in [0.15, 0.2) is 42.7 Å². The summed E-state index contributed by atoms with van der Waals surface area (Å²) in [4.78, 5) is 31.6. The number of amides is 1. The van der Waals surface area contributed by atoms with E-state index in [9.17, 15) is 9.90 Å². The topological polar surface area (TPSA) is 145 Å². The number of hydrogen-bond donors (Lipinski definition) is 2. The lowest BCUT2D eigenvalue weighted by Crippen LogP contribution is -2.39. The summed E-state index contributed by atoms with van der Waals surface area (Å²) in [5.41, 5.74) is 7.23. The lowest BCUT2D eigenvalue weighted by Gasteiger charge is -2.21. The van der Waals surface area contributed by atoms with Crippen molar-refractivity contribution in [1.82, 2.24) is 34.6 Å². The van der Waals surface area contributed by atoms with Gasteiger partial charge in [0.1, 0.15) is 19.9 Å². The molecule has 1 unspecified atom stereocenters. The monoisotopic (exact) mass is 533 g/mol. The maximum Gasteiger partial charge on any atom is 0.262 e. The Labute approximate surface area is 223 Å². The highest BCUT2D eigenvalue weighted by Crippen LogP contribution is 2.33. The van der Waals surface area contributed by atoms with Crippen molar-refractivity contribution < 1.29 is 16.0 Å². The van der Waals surface area contributed by atoms with Gasteiger partial charge < -0.3 is 20.5 Å². The largest absolute Gasteiger partial charge is 0.382 e. The van der Waals surface area contributed by atoms with Gasteiger partial charge in [-0.25, -0.2) is 24.6 Å². The lowest BCUT2D eigenvalue weighted by molar-refractivity contribution is -0.144. The number of ether oxygens (including phenoxy) is 1. The number of nitrogens with two attached hydrogens (primary N) is 1. The molecular formula is C26H32N8O3Si. The minimum absolute atomic E-state index is 0.0787. The second kappa shape index (κ2) is 9.85. The molecule has 1 fully saturated rings. The highest BCUT2D eigenvalue weighted by atomic mass is 28.3. The smallest absolute Gasteiger partial charge is 0.262 e. The minimum Gasteiger partial charge on any atom is -0.382 e. The Morgan fingerprint density at radius 1 is 1.18 bits per heavy atom. The predicted molar refractivity (Wildman–Crippen MR) is 146 cm³/mol. The molecule has 3 aromatic heterocycles. The fourth-order valence-electron chi connectivity index (χ4n) is 4.35. The molecule has 0 aliphatic carbocycles. The fourth-order valence-corrected chi connectivity index (χ4v) is 5.10.